The lowest BCUT2D eigenvalue weighted by molar-refractivity contribution is 0.332. The van der Waals surface area contributed by atoms with Crippen molar-refractivity contribution in [2.45, 2.75) is 6.04 Å². The molecule has 0 unspecified atom stereocenters. The molecule has 1 heterocycles. The zero-order chi connectivity index (χ0) is 9.42. The number of aromatic hydroxyl groups is 1. The van der Waals surface area contributed by atoms with Crippen molar-refractivity contribution >= 4 is 0 Å². The minimum absolute atomic E-state index is 0.0599. The molecule has 0 aromatic heterocycles. The second-order valence-corrected chi connectivity index (χ2v) is 2.94. The van der Waals surface area contributed by atoms with E-state index in [1.54, 1.807) is 6.07 Å². The summed E-state index contributed by atoms with van der Waals surface area (Å²) >= 11 is 0. The molecule has 2 rings (SSSR count). The van der Waals surface area contributed by atoms with Gasteiger partial charge in [0, 0.05) is 11.6 Å². The highest BCUT2D eigenvalue weighted by Crippen LogP contribution is 2.35. The maximum Gasteiger partial charge on any atom is 0.137 e. The van der Waals surface area contributed by atoms with Gasteiger partial charge in [-0.3, -0.25) is 0 Å². The van der Waals surface area contributed by atoms with Gasteiger partial charge in [-0.05, 0) is 6.07 Å². The highest BCUT2D eigenvalue weighted by Gasteiger charge is 2.22. The molecule has 0 spiro atoms. The molecule has 0 aliphatic carbocycles. The van der Waals surface area contributed by atoms with Gasteiger partial charge in [0.25, 0.3) is 0 Å². The third-order valence-corrected chi connectivity index (χ3v) is 2.07. The molecule has 1 aliphatic heterocycles. The van der Waals surface area contributed by atoms with Crippen LogP contribution in [0.4, 0.5) is 0 Å². The zero-order valence-corrected chi connectivity index (χ0v) is 6.82. The molecule has 0 bridgehead atoms. The van der Waals surface area contributed by atoms with E-state index in [2.05, 4.69) is 0 Å². The third-order valence-electron chi connectivity index (χ3n) is 2.07. The first-order chi connectivity index (χ1) is 6.22. The van der Waals surface area contributed by atoms with E-state index < -0.39 is 0 Å². The summed E-state index contributed by atoms with van der Waals surface area (Å²) in [7, 11) is 0. The summed E-state index contributed by atoms with van der Waals surface area (Å²) in [6.45, 7) is 0.406. The molecule has 1 atom stereocenters. The van der Waals surface area contributed by atoms with Crippen LogP contribution in [0.25, 0.3) is 0 Å². The van der Waals surface area contributed by atoms with Gasteiger partial charge in [0.1, 0.15) is 24.2 Å². The Kier molecular flexibility index (Phi) is 1.61. The van der Waals surface area contributed by atoms with Gasteiger partial charge in [0.05, 0.1) is 11.6 Å². The summed E-state index contributed by atoms with van der Waals surface area (Å²) in [5.74, 6) is 0.513. The summed E-state index contributed by atoms with van der Waals surface area (Å²) in [5, 5.41) is 18.0. The number of rotatable bonds is 0. The van der Waals surface area contributed by atoms with E-state index in [1.165, 1.54) is 6.07 Å². The summed E-state index contributed by atoms with van der Waals surface area (Å²) < 4.78 is 5.20. The molecule has 4 heteroatoms. The predicted molar refractivity (Wildman–Crippen MR) is 45.2 cm³/mol. The standard InChI is InChI=1S/C9H8N2O2/c10-3-5-1-6-7(11)4-13-9(6)2-8(5)12/h1-2,7,12H,4,11H2/t7-/m0/s1. The van der Waals surface area contributed by atoms with Crippen LogP contribution < -0.4 is 10.5 Å². The Hall–Kier alpha value is -1.73. The second kappa shape index (κ2) is 2.64. The smallest absolute Gasteiger partial charge is 0.137 e. The number of hydrogen-bond donors (Lipinski definition) is 2. The predicted octanol–water partition coefficient (Wildman–Crippen LogP) is 0.656. The van der Waals surface area contributed by atoms with Gasteiger partial charge in [-0.25, -0.2) is 0 Å². The van der Waals surface area contributed by atoms with E-state index in [-0.39, 0.29) is 17.4 Å². The number of phenols is 1. The molecule has 1 aromatic rings. The highest BCUT2D eigenvalue weighted by atomic mass is 16.5. The van der Waals surface area contributed by atoms with Crippen LogP contribution in [0.5, 0.6) is 11.5 Å². The molecule has 0 saturated heterocycles. The van der Waals surface area contributed by atoms with Gasteiger partial charge >= 0.3 is 0 Å². The molecule has 0 amide bonds. The molecule has 3 N–H and O–H groups in total. The second-order valence-electron chi connectivity index (χ2n) is 2.94. The molecular weight excluding hydrogens is 168 g/mol. The molecule has 13 heavy (non-hydrogen) atoms. The van der Waals surface area contributed by atoms with Crippen molar-refractivity contribution in [3.63, 3.8) is 0 Å². The summed E-state index contributed by atoms with van der Waals surface area (Å²) in [5.41, 5.74) is 6.73. The van der Waals surface area contributed by atoms with E-state index in [0.29, 0.717) is 12.4 Å². The van der Waals surface area contributed by atoms with E-state index in [9.17, 15) is 5.11 Å². The first-order valence-corrected chi connectivity index (χ1v) is 3.87. The number of benzene rings is 1. The van der Waals surface area contributed by atoms with Gasteiger partial charge in [-0.1, -0.05) is 0 Å². The van der Waals surface area contributed by atoms with Crippen LogP contribution in [0.3, 0.4) is 0 Å². The fraction of sp³-hybridized carbons (Fsp3) is 0.222. The van der Waals surface area contributed by atoms with Crippen molar-refractivity contribution in [2.24, 2.45) is 5.73 Å². The molecule has 4 nitrogen and oxygen atoms in total. The summed E-state index contributed by atoms with van der Waals surface area (Å²) in [6, 6.07) is 4.70. The van der Waals surface area contributed by atoms with Gasteiger partial charge < -0.3 is 15.6 Å². The van der Waals surface area contributed by atoms with E-state index >= 15 is 0 Å². The highest BCUT2D eigenvalue weighted by molar-refractivity contribution is 5.53. The minimum Gasteiger partial charge on any atom is -0.506 e. The Balaban J connectivity index is 2.59. The lowest BCUT2D eigenvalue weighted by Crippen LogP contribution is -2.10. The average molecular weight is 176 g/mol. The first-order valence-electron chi connectivity index (χ1n) is 3.87. The fourth-order valence-corrected chi connectivity index (χ4v) is 1.36. The number of nitrogens with zero attached hydrogens (tertiary/aromatic N) is 1. The largest absolute Gasteiger partial charge is 0.506 e. The van der Waals surface area contributed by atoms with Crippen molar-refractivity contribution in [2.75, 3.05) is 6.61 Å². The van der Waals surface area contributed by atoms with Crippen LogP contribution in [-0.2, 0) is 0 Å². The summed E-state index contributed by atoms with van der Waals surface area (Å²) in [4.78, 5) is 0. The number of phenolic OH excluding ortho intramolecular Hbond substituents is 1. The number of fused-ring (bicyclic) bond motifs is 1. The molecule has 66 valence electrons. The van der Waals surface area contributed by atoms with Crippen molar-refractivity contribution in [1.29, 1.82) is 5.26 Å². The molecule has 1 aromatic carbocycles. The number of nitriles is 1. The van der Waals surface area contributed by atoms with Crippen molar-refractivity contribution < 1.29 is 9.84 Å². The normalized spacial score (nSPS) is 18.9. The first kappa shape index (κ1) is 7.90. The Labute approximate surface area is 75.2 Å². The van der Waals surface area contributed by atoms with Crippen LogP contribution in [0.1, 0.15) is 17.2 Å². The molecule has 0 fully saturated rings. The number of hydrogen-bond acceptors (Lipinski definition) is 4. The van der Waals surface area contributed by atoms with Crippen molar-refractivity contribution in [1.82, 2.24) is 0 Å². The average Bonchev–Trinajstić information content (AvgIpc) is 2.46. The monoisotopic (exact) mass is 176 g/mol. The van der Waals surface area contributed by atoms with Crippen LogP contribution in [0.2, 0.25) is 0 Å². The van der Waals surface area contributed by atoms with Crippen LogP contribution in [0.15, 0.2) is 12.1 Å². The van der Waals surface area contributed by atoms with Gasteiger partial charge in [-0.15, -0.1) is 0 Å². The quantitative estimate of drug-likeness (QED) is 0.608. The topological polar surface area (TPSA) is 79.3 Å². The Bertz CT molecular complexity index is 395. The maximum absolute atomic E-state index is 9.32. The van der Waals surface area contributed by atoms with Crippen LogP contribution in [0, 0.1) is 11.3 Å². The molecule has 0 radical (unpaired) electrons. The van der Waals surface area contributed by atoms with Crippen molar-refractivity contribution in [3.05, 3.63) is 23.3 Å². The SMILES string of the molecule is N#Cc1cc2c(cc1O)OC[C@@H]2N. The van der Waals surface area contributed by atoms with Gasteiger partial charge in [0.15, 0.2) is 0 Å². The minimum atomic E-state index is -0.192. The summed E-state index contributed by atoms with van der Waals surface area (Å²) in [6.07, 6.45) is 0. The van der Waals surface area contributed by atoms with Crippen LogP contribution in [-0.4, -0.2) is 11.7 Å². The molecular formula is C9H8N2O2. The Morgan fingerprint density at radius 2 is 2.38 bits per heavy atom. The Morgan fingerprint density at radius 3 is 3.08 bits per heavy atom. The molecule has 0 saturated carbocycles. The lowest BCUT2D eigenvalue weighted by Gasteiger charge is -2.02. The lowest BCUT2D eigenvalue weighted by atomic mass is 10.1. The van der Waals surface area contributed by atoms with Crippen LogP contribution >= 0.6 is 0 Å². The van der Waals surface area contributed by atoms with Gasteiger partial charge in [-0.2, -0.15) is 5.26 Å². The van der Waals surface area contributed by atoms with E-state index in [0.717, 1.165) is 5.56 Å². The maximum atomic E-state index is 9.32. The Morgan fingerprint density at radius 1 is 1.62 bits per heavy atom. The third kappa shape index (κ3) is 1.10. The number of ether oxygens (including phenoxy) is 1. The zero-order valence-electron chi connectivity index (χ0n) is 6.82. The van der Waals surface area contributed by atoms with Gasteiger partial charge in [0.2, 0.25) is 0 Å². The van der Waals surface area contributed by atoms with E-state index in [1.807, 2.05) is 6.07 Å². The van der Waals surface area contributed by atoms with E-state index in [4.69, 9.17) is 15.7 Å². The fourth-order valence-electron chi connectivity index (χ4n) is 1.36. The van der Waals surface area contributed by atoms with Crippen molar-refractivity contribution in [3.8, 4) is 17.6 Å². The number of nitrogens with two attached hydrogens (primary N) is 1. The molecule has 1 aliphatic rings.